The molecule has 3 rings (SSSR count). The van der Waals surface area contributed by atoms with Crippen molar-refractivity contribution < 1.29 is 26.7 Å². The van der Waals surface area contributed by atoms with Gasteiger partial charge in [0.2, 0.25) is 0 Å². The first-order chi connectivity index (χ1) is 12.3. The third kappa shape index (κ3) is 3.61. The molecule has 0 atom stereocenters. The van der Waals surface area contributed by atoms with Crippen LogP contribution in [-0.4, -0.2) is 20.5 Å². The van der Waals surface area contributed by atoms with Gasteiger partial charge in [-0.15, -0.1) is 0 Å². The van der Waals surface area contributed by atoms with Gasteiger partial charge in [-0.3, -0.25) is 4.79 Å². The van der Waals surface area contributed by atoms with Gasteiger partial charge in [0, 0.05) is 17.8 Å². The molecule has 0 aliphatic heterocycles. The summed E-state index contributed by atoms with van der Waals surface area (Å²) in [6.07, 6.45) is -3.00. The van der Waals surface area contributed by atoms with E-state index >= 15 is 0 Å². The van der Waals surface area contributed by atoms with Gasteiger partial charge in [0.25, 0.3) is 0 Å². The topological polar surface area (TPSA) is 47.8 Å². The van der Waals surface area contributed by atoms with Gasteiger partial charge in [0.1, 0.15) is 5.82 Å². The summed E-state index contributed by atoms with van der Waals surface area (Å²) in [6.45, 7) is 0. The molecule has 4 nitrogen and oxygen atoms in total. The number of carbonyl (C=O) groups is 1. The van der Waals surface area contributed by atoms with Crippen molar-refractivity contribution in [2.45, 2.75) is 12.6 Å². The Bertz CT molecular complexity index is 965. The second-order valence-electron chi connectivity index (χ2n) is 5.35. The van der Waals surface area contributed by atoms with Crippen LogP contribution in [0.1, 0.15) is 21.6 Å². The largest absolute Gasteiger partial charge is 0.417 e. The van der Waals surface area contributed by atoms with Gasteiger partial charge in [-0.1, -0.05) is 18.2 Å². The molecule has 0 N–H and O–H groups in total. The molecule has 0 fully saturated rings. The number of aromatic nitrogens is 3. The second kappa shape index (κ2) is 6.66. The molecule has 9 heteroatoms. The highest BCUT2D eigenvalue weighted by Crippen LogP contribution is 2.32. The van der Waals surface area contributed by atoms with Crippen molar-refractivity contribution in [1.82, 2.24) is 14.8 Å². The lowest BCUT2D eigenvalue weighted by molar-refractivity contribution is -0.137. The monoisotopic (exact) mass is 367 g/mol. The predicted octanol–water partition coefficient (Wildman–Crippen LogP) is 3.99. The van der Waals surface area contributed by atoms with E-state index in [4.69, 9.17) is 0 Å². The van der Waals surface area contributed by atoms with Crippen LogP contribution in [0.25, 0.3) is 5.82 Å². The molecule has 0 amide bonds. The Balaban J connectivity index is 1.85. The number of rotatable bonds is 4. The van der Waals surface area contributed by atoms with Crippen molar-refractivity contribution in [2.24, 2.45) is 0 Å². The van der Waals surface area contributed by atoms with Crippen molar-refractivity contribution in [3.63, 3.8) is 0 Å². The van der Waals surface area contributed by atoms with Crippen LogP contribution in [0.2, 0.25) is 0 Å². The number of Topliss-reactive ketones (excluding diaryl/α,β-unsaturated/α-hetero) is 1. The lowest BCUT2D eigenvalue weighted by Gasteiger charge is -2.11. The first-order valence-corrected chi connectivity index (χ1v) is 7.31. The van der Waals surface area contributed by atoms with Crippen LogP contribution >= 0.6 is 0 Å². The van der Waals surface area contributed by atoms with Crippen LogP contribution in [0, 0.1) is 11.6 Å². The minimum Gasteiger partial charge on any atom is -0.294 e. The number of pyridine rings is 1. The molecule has 3 aromatic rings. The molecule has 0 bridgehead atoms. The summed E-state index contributed by atoms with van der Waals surface area (Å²) in [5, 5.41) is 3.92. The van der Waals surface area contributed by atoms with Crippen molar-refractivity contribution >= 4 is 5.78 Å². The average molecular weight is 367 g/mol. The maximum absolute atomic E-state index is 13.7. The van der Waals surface area contributed by atoms with Crippen molar-refractivity contribution in [2.75, 3.05) is 0 Å². The molecule has 0 saturated carbocycles. The van der Waals surface area contributed by atoms with Crippen LogP contribution in [0.5, 0.6) is 0 Å². The predicted molar refractivity (Wildman–Crippen MR) is 80.8 cm³/mol. The Hall–Kier alpha value is -3.10. The van der Waals surface area contributed by atoms with E-state index in [0.29, 0.717) is 6.07 Å². The minimum atomic E-state index is -4.66. The van der Waals surface area contributed by atoms with E-state index in [1.54, 1.807) is 0 Å². The molecule has 2 heterocycles. The average Bonchev–Trinajstić information content (AvgIpc) is 3.02. The quantitative estimate of drug-likeness (QED) is 0.518. The molecular weight excluding hydrogens is 357 g/mol. The number of hydrogen-bond acceptors (Lipinski definition) is 3. The van der Waals surface area contributed by atoms with E-state index < -0.39 is 41.1 Å². The number of alkyl halides is 3. The normalized spacial score (nSPS) is 11.6. The molecule has 1 aromatic carbocycles. The Morgan fingerprint density at radius 2 is 1.85 bits per heavy atom. The van der Waals surface area contributed by atoms with E-state index in [-0.39, 0.29) is 11.5 Å². The zero-order chi connectivity index (χ0) is 18.9. The molecule has 0 radical (unpaired) electrons. The summed E-state index contributed by atoms with van der Waals surface area (Å²) in [4.78, 5) is 15.8. The first kappa shape index (κ1) is 17.7. The number of hydrogen-bond donors (Lipinski definition) is 0. The van der Waals surface area contributed by atoms with Gasteiger partial charge >= 0.3 is 6.18 Å². The molecule has 0 unspecified atom stereocenters. The SMILES string of the molecule is O=C(Cc1ccn(-c2ncc(F)cc2F)n1)c1ccccc1C(F)(F)F. The van der Waals surface area contributed by atoms with Crippen LogP contribution < -0.4 is 0 Å². The molecule has 2 aromatic heterocycles. The fourth-order valence-corrected chi connectivity index (χ4v) is 2.38. The Morgan fingerprint density at radius 1 is 1.12 bits per heavy atom. The fraction of sp³-hybridized carbons (Fsp3) is 0.118. The van der Waals surface area contributed by atoms with E-state index in [2.05, 4.69) is 10.1 Å². The standard InChI is InChI=1S/C17H10F5N3O/c18-10-7-14(19)16(23-9-10)25-6-5-11(24-25)8-15(26)12-3-1-2-4-13(12)17(20,21)22/h1-7,9H,8H2. The smallest absolute Gasteiger partial charge is 0.294 e. The minimum absolute atomic E-state index is 0.123. The van der Waals surface area contributed by atoms with Gasteiger partial charge in [0.05, 0.1) is 23.9 Å². The zero-order valence-corrected chi connectivity index (χ0v) is 13.0. The summed E-state index contributed by atoms with van der Waals surface area (Å²) in [6, 6.07) is 6.40. The van der Waals surface area contributed by atoms with Gasteiger partial charge in [-0.25, -0.2) is 18.4 Å². The van der Waals surface area contributed by atoms with E-state index in [1.807, 2.05) is 0 Å². The summed E-state index contributed by atoms with van der Waals surface area (Å²) in [5.74, 6) is -2.90. The highest BCUT2D eigenvalue weighted by atomic mass is 19.4. The van der Waals surface area contributed by atoms with Crippen LogP contribution in [0.3, 0.4) is 0 Å². The lowest BCUT2D eigenvalue weighted by atomic mass is 10.0. The van der Waals surface area contributed by atoms with Gasteiger partial charge < -0.3 is 0 Å². The van der Waals surface area contributed by atoms with Crippen LogP contribution in [-0.2, 0) is 12.6 Å². The third-order valence-electron chi connectivity index (χ3n) is 3.52. The molecule has 0 saturated heterocycles. The highest BCUT2D eigenvalue weighted by molar-refractivity contribution is 5.98. The molecular formula is C17H10F5N3O. The number of halogens is 5. The first-order valence-electron chi connectivity index (χ1n) is 7.31. The third-order valence-corrected chi connectivity index (χ3v) is 3.52. The number of nitrogens with zero attached hydrogens (tertiary/aromatic N) is 3. The molecule has 0 aliphatic carbocycles. The summed E-state index contributed by atoms with van der Waals surface area (Å²) in [7, 11) is 0. The fourth-order valence-electron chi connectivity index (χ4n) is 2.38. The molecule has 0 aliphatic rings. The van der Waals surface area contributed by atoms with E-state index in [0.717, 1.165) is 23.0 Å². The Morgan fingerprint density at radius 3 is 2.54 bits per heavy atom. The van der Waals surface area contributed by atoms with Crippen molar-refractivity contribution in [3.8, 4) is 5.82 Å². The summed E-state index contributed by atoms with van der Waals surface area (Å²) in [5.41, 5.74) is -1.38. The van der Waals surface area contributed by atoms with E-state index in [1.165, 1.54) is 24.4 Å². The summed E-state index contributed by atoms with van der Waals surface area (Å²) < 4.78 is 66.6. The maximum atomic E-state index is 13.7. The van der Waals surface area contributed by atoms with Gasteiger partial charge in [0.15, 0.2) is 17.4 Å². The highest BCUT2D eigenvalue weighted by Gasteiger charge is 2.34. The maximum Gasteiger partial charge on any atom is 0.417 e. The van der Waals surface area contributed by atoms with Gasteiger partial charge in [-0.2, -0.15) is 18.3 Å². The van der Waals surface area contributed by atoms with E-state index in [9.17, 15) is 26.7 Å². The van der Waals surface area contributed by atoms with Crippen molar-refractivity contribution in [3.05, 3.63) is 77.2 Å². The van der Waals surface area contributed by atoms with Crippen LogP contribution in [0.15, 0.2) is 48.8 Å². The van der Waals surface area contributed by atoms with Crippen molar-refractivity contribution in [1.29, 1.82) is 0 Å². The molecule has 0 spiro atoms. The Labute approximate surface area is 143 Å². The zero-order valence-electron chi connectivity index (χ0n) is 13.0. The number of ketones is 1. The molecule has 134 valence electrons. The number of carbonyl (C=O) groups excluding carboxylic acids is 1. The van der Waals surface area contributed by atoms with Crippen LogP contribution in [0.4, 0.5) is 22.0 Å². The molecule has 26 heavy (non-hydrogen) atoms. The second-order valence-corrected chi connectivity index (χ2v) is 5.35. The Kier molecular flexibility index (Phi) is 4.54. The summed E-state index contributed by atoms with van der Waals surface area (Å²) >= 11 is 0. The lowest BCUT2D eigenvalue weighted by Crippen LogP contribution is -2.14. The number of benzene rings is 1. The van der Waals surface area contributed by atoms with Gasteiger partial charge in [-0.05, 0) is 12.1 Å².